The number of carboxylic acid groups (broad SMARTS) is 1. The lowest BCUT2D eigenvalue weighted by Crippen LogP contribution is -2.23. The minimum Gasteiger partial charge on any atom is -0.478 e. The first-order valence-electron chi connectivity index (χ1n) is 8.70. The smallest absolute Gasteiger partial charge is 0.335 e. The van der Waals surface area contributed by atoms with Crippen LogP contribution in [0.25, 0.3) is 0 Å². The van der Waals surface area contributed by atoms with Crippen LogP contribution in [0.4, 0.5) is 0 Å². The Morgan fingerprint density at radius 1 is 1.35 bits per heavy atom. The lowest BCUT2D eigenvalue weighted by molar-refractivity contribution is 0.0695. The molecule has 0 aliphatic carbocycles. The quantitative estimate of drug-likeness (QED) is 0.769. The highest BCUT2D eigenvalue weighted by molar-refractivity contribution is 5.94. The molecule has 2 heterocycles. The van der Waals surface area contributed by atoms with Gasteiger partial charge in [0.15, 0.2) is 0 Å². The fourth-order valence-corrected chi connectivity index (χ4v) is 3.29. The maximum absolute atomic E-state index is 12.4. The van der Waals surface area contributed by atoms with Crippen molar-refractivity contribution >= 4 is 11.9 Å². The van der Waals surface area contributed by atoms with Gasteiger partial charge >= 0.3 is 5.97 Å². The topological polar surface area (TPSA) is 91.3 Å². The molecular formula is C20H23N3O3. The number of nitrogens with zero attached hydrogens (tertiary/aromatic N) is 1. The minimum atomic E-state index is -0.949. The highest BCUT2D eigenvalue weighted by Crippen LogP contribution is 2.29. The first kappa shape index (κ1) is 18.1. The summed E-state index contributed by atoms with van der Waals surface area (Å²) >= 11 is 0. The zero-order valence-corrected chi connectivity index (χ0v) is 15.2. The molecule has 0 saturated heterocycles. The monoisotopic (exact) mass is 353 g/mol. The molecule has 1 aromatic carbocycles. The van der Waals surface area contributed by atoms with Crippen molar-refractivity contribution in [2.45, 2.75) is 39.9 Å². The number of hydrogen-bond donors (Lipinski definition) is 3. The second kappa shape index (κ2) is 7.25. The molecular weight excluding hydrogens is 330 g/mol. The van der Waals surface area contributed by atoms with Crippen molar-refractivity contribution in [2.75, 3.05) is 0 Å². The lowest BCUT2D eigenvalue weighted by Gasteiger charge is -2.15. The fraction of sp³-hybridized carbons (Fsp3) is 0.350. The van der Waals surface area contributed by atoms with Crippen LogP contribution in [0.2, 0.25) is 0 Å². The van der Waals surface area contributed by atoms with Gasteiger partial charge in [0.05, 0.1) is 22.9 Å². The Kier molecular flexibility index (Phi) is 5.04. The summed E-state index contributed by atoms with van der Waals surface area (Å²) in [6, 6.07) is 7.19. The number of fused-ring (bicyclic) bond motifs is 1. The molecule has 0 bridgehead atoms. The third-order valence-corrected chi connectivity index (χ3v) is 4.71. The summed E-state index contributed by atoms with van der Waals surface area (Å²) in [6.45, 7) is 7.10. The fourth-order valence-electron chi connectivity index (χ4n) is 3.29. The second-order valence-corrected chi connectivity index (χ2v) is 7.01. The molecule has 3 N–H and O–H groups in total. The van der Waals surface area contributed by atoms with E-state index in [1.165, 1.54) is 0 Å². The van der Waals surface area contributed by atoms with Crippen molar-refractivity contribution in [1.82, 2.24) is 15.6 Å². The Balaban J connectivity index is 1.68. The molecule has 3 rings (SSSR count). The van der Waals surface area contributed by atoms with Crippen LogP contribution in [0.15, 0.2) is 30.5 Å². The van der Waals surface area contributed by atoms with Crippen LogP contribution in [0.5, 0.6) is 0 Å². The van der Waals surface area contributed by atoms with E-state index in [9.17, 15) is 9.59 Å². The zero-order valence-electron chi connectivity index (χ0n) is 15.2. The number of aromatic carboxylic acids is 1. The van der Waals surface area contributed by atoms with Gasteiger partial charge in [-0.05, 0) is 41.7 Å². The standard InChI is InChI=1S/C20H23N3O3/c1-11(2)17-18-14(9-21-17)7-15(10-22-18)19(24)23-8-13-4-5-16(20(25)26)12(3)6-13/h4-7,10-11,17,21H,8-9H2,1-3H3,(H,23,24)(H,25,26). The number of benzene rings is 1. The predicted octanol–water partition coefficient (Wildman–Crippen LogP) is 2.82. The normalized spacial score (nSPS) is 15.8. The minimum absolute atomic E-state index is 0.187. The van der Waals surface area contributed by atoms with Gasteiger partial charge in [0.2, 0.25) is 0 Å². The highest BCUT2D eigenvalue weighted by atomic mass is 16.4. The van der Waals surface area contributed by atoms with Gasteiger partial charge in [0, 0.05) is 19.3 Å². The number of aromatic nitrogens is 1. The molecule has 1 unspecified atom stereocenters. The summed E-state index contributed by atoms with van der Waals surface area (Å²) in [5.74, 6) is -0.690. The van der Waals surface area contributed by atoms with E-state index in [0.29, 0.717) is 23.6 Å². The molecule has 0 fully saturated rings. The van der Waals surface area contributed by atoms with Crippen molar-refractivity contribution in [3.8, 4) is 0 Å². The number of pyridine rings is 1. The summed E-state index contributed by atoms with van der Waals surface area (Å²) in [5, 5.41) is 15.4. The summed E-state index contributed by atoms with van der Waals surface area (Å²) in [4.78, 5) is 28.0. The van der Waals surface area contributed by atoms with Crippen molar-refractivity contribution in [3.05, 3.63) is 64.0 Å². The molecule has 0 spiro atoms. The largest absolute Gasteiger partial charge is 0.478 e. The average Bonchev–Trinajstić information content (AvgIpc) is 3.02. The van der Waals surface area contributed by atoms with Crippen LogP contribution in [-0.2, 0) is 13.1 Å². The molecule has 1 aliphatic rings. The van der Waals surface area contributed by atoms with E-state index in [4.69, 9.17) is 5.11 Å². The summed E-state index contributed by atoms with van der Waals surface area (Å²) in [7, 11) is 0. The van der Waals surface area contributed by atoms with Crippen molar-refractivity contribution in [3.63, 3.8) is 0 Å². The van der Waals surface area contributed by atoms with Crippen molar-refractivity contribution in [1.29, 1.82) is 0 Å². The van der Waals surface area contributed by atoms with E-state index in [1.807, 2.05) is 6.07 Å². The van der Waals surface area contributed by atoms with Gasteiger partial charge in [-0.25, -0.2) is 4.79 Å². The second-order valence-electron chi connectivity index (χ2n) is 7.01. The number of aryl methyl sites for hydroxylation is 1. The first-order valence-corrected chi connectivity index (χ1v) is 8.70. The van der Waals surface area contributed by atoms with Gasteiger partial charge in [-0.15, -0.1) is 0 Å². The summed E-state index contributed by atoms with van der Waals surface area (Å²) < 4.78 is 0. The van der Waals surface area contributed by atoms with Crippen LogP contribution in [-0.4, -0.2) is 22.0 Å². The third-order valence-electron chi connectivity index (χ3n) is 4.71. The maximum Gasteiger partial charge on any atom is 0.335 e. The molecule has 6 heteroatoms. The van der Waals surface area contributed by atoms with Crippen molar-refractivity contribution < 1.29 is 14.7 Å². The maximum atomic E-state index is 12.4. The molecule has 1 aromatic heterocycles. The summed E-state index contributed by atoms with van der Waals surface area (Å²) in [5.41, 5.74) is 4.43. The Labute approximate surface area is 152 Å². The van der Waals surface area contributed by atoms with Gasteiger partial charge in [0.1, 0.15) is 0 Å². The molecule has 6 nitrogen and oxygen atoms in total. The molecule has 0 saturated carbocycles. The van der Waals surface area contributed by atoms with E-state index >= 15 is 0 Å². The molecule has 2 aromatic rings. The van der Waals surface area contributed by atoms with Crippen molar-refractivity contribution in [2.24, 2.45) is 5.92 Å². The SMILES string of the molecule is Cc1cc(CNC(=O)c2cnc3c(c2)CNC3C(C)C)ccc1C(=O)O. The Hall–Kier alpha value is -2.73. The lowest BCUT2D eigenvalue weighted by atomic mass is 10.0. The first-order chi connectivity index (χ1) is 12.4. The van der Waals surface area contributed by atoms with Crippen LogP contribution in [0.3, 0.4) is 0 Å². The van der Waals surface area contributed by atoms with Gasteiger partial charge in [-0.2, -0.15) is 0 Å². The van der Waals surface area contributed by atoms with Crippen LogP contribution >= 0.6 is 0 Å². The Morgan fingerprint density at radius 2 is 2.12 bits per heavy atom. The molecule has 26 heavy (non-hydrogen) atoms. The number of hydrogen-bond acceptors (Lipinski definition) is 4. The molecule has 1 amide bonds. The number of carbonyl (C=O) groups is 2. The van der Waals surface area contributed by atoms with Gasteiger partial charge in [0.25, 0.3) is 5.91 Å². The van der Waals surface area contributed by atoms with E-state index in [0.717, 1.165) is 23.4 Å². The molecule has 0 radical (unpaired) electrons. The number of carbonyl (C=O) groups excluding carboxylic acids is 1. The van der Waals surface area contributed by atoms with E-state index in [2.05, 4.69) is 29.5 Å². The third kappa shape index (κ3) is 3.60. The van der Waals surface area contributed by atoms with Crippen LogP contribution < -0.4 is 10.6 Å². The molecule has 1 atom stereocenters. The highest BCUT2D eigenvalue weighted by Gasteiger charge is 2.26. The average molecular weight is 353 g/mol. The zero-order chi connectivity index (χ0) is 18.8. The van der Waals surface area contributed by atoms with Gasteiger partial charge in [-0.3, -0.25) is 9.78 Å². The number of nitrogens with one attached hydrogen (secondary N) is 2. The number of carboxylic acids is 1. The van der Waals surface area contributed by atoms with Gasteiger partial charge < -0.3 is 15.7 Å². The van der Waals surface area contributed by atoms with Crippen LogP contribution in [0, 0.1) is 12.8 Å². The summed E-state index contributed by atoms with van der Waals surface area (Å²) in [6.07, 6.45) is 1.62. The van der Waals surface area contributed by atoms with Crippen LogP contribution in [0.1, 0.15) is 63.0 Å². The van der Waals surface area contributed by atoms with E-state index < -0.39 is 5.97 Å². The van der Waals surface area contributed by atoms with Gasteiger partial charge in [-0.1, -0.05) is 26.0 Å². The molecule has 136 valence electrons. The Bertz CT molecular complexity index is 861. The Morgan fingerprint density at radius 3 is 2.77 bits per heavy atom. The van der Waals surface area contributed by atoms with E-state index in [-0.39, 0.29) is 17.5 Å². The molecule has 1 aliphatic heterocycles. The van der Waals surface area contributed by atoms with E-state index in [1.54, 1.807) is 31.3 Å². The number of rotatable bonds is 5. The predicted molar refractivity (Wildman–Crippen MR) is 98.0 cm³/mol. The number of amides is 1.